The lowest BCUT2D eigenvalue weighted by Crippen LogP contribution is -2.34. The number of aliphatic carboxylic acids is 1. The van der Waals surface area contributed by atoms with Gasteiger partial charge in [0.2, 0.25) is 0 Å². The smallest absolute Gasteiger partial charge is 0.309 e. The quantitative estimate of drug-likeness (QED) is 0.707. The van der Waals surface area contributed by atoms with E-state index in [-0.39, 0.29) is 6.42 Å². The normalized spacial score (nSPS) is 10.0. The molecule has 3 heteroatoms. The molecular formula is C10H14NO2+. The molecule has 0 unspecified atom stereocenters. The fourth-order valence-electron chi connectivity index (χ4n) is 1.35. The number of hydrogen-bond donors (Lipinski definition) is 1. The molecule has 1 aromatic rings. The molecule has 0 aliphatic rings. The van der Waals surface area contributed by atoms with Crippen LogP contribution in [0.25, 0.3) is 0 Å². The fraction of sp³-hybridized carbons (Fsp3) is 0.400. The van der Waals surface area contributed by atoms with Crippen molar-refractivity contribution in [3.05, 3.63) is 29.6 Å². The summed E-state index contributed by atoms with van der Waals surface area (Å²) in [7, 11) is 0. The van der Waals surface area contributed by atoms with Gasteiger partial charge in [-0.3, -0.25) is 4.79 Å². The third-order valence-corrected chi connectivity index (χ3v) is 1.78. The van der Waals surface area contributed by atoms with Gasteiger partial charge in [0, 0.05) is 11.1 Å². The van der Waals surface area contributed by atoms with Crippen LogP contribution in [-0.4, -0.2) is 11.1 Å². The molecule has 0 fully saturated rings. The Hall–Kier alpha value is -1.38. The molecule has 1 rings (SSSR count). The minimum absolute atomic E-state index is 0.174. The van der Waals surface area contributed by atoms with Crippen LogP contribution >= 0.6 is 0 Å². The zero-order chi connectivity index (χ0) is 9.84. The molecule has 0 spiro atoms. The van der Waals surface area contributed by atoms with Gasteiger partial charge in [-0.15, -0.1) is 0 Å². The standard InChI is InChI=1S/C10H13NO2/c1-8-5-9(2)7-11(6-8)4-3-10(12)13/h5-7H,3-4H2,1-2H3/p+1. The number of carboxylic acid groups (broad SMARTS) is 1. The summed E-state index contributed by atoms with van der Waals surface area (Å²) in [6.07, 6.45) is 4.08. The van der Waals surface area contributed by atoms with Crippen LogP contribution in [0.15, 0.2) is 18.5 Å². The molecular weight excluding hydrogens is 166 g/mol. The maximum Gasteiger partial charge on any atom is 0.309 e. The van der Waals surface area contributed by atoms with Crippen LogP contribution in [0.5, 0.6) is 0 Å². The van der Waals surface area contributed by atoms with E-state index in [4.69, 9.17) is 5.11 Å². The number of pyridine rings is 1. The number of aromatic nitrogens is 1. The average Bonchev–Trinajstić information content (AvgIpc) is 1.99. The van der Waals surface area contributed by atoms with Crippen molar-refractivity contribution < 1.29 is 14.5 Å². The van der Waals surface area contributed by atoms with Crippen LogP contribution in [0.4, 0.5) is 0 Å². The molecule has 0 bridgehead atoms. The number of carboxylic acids is 1. The third-order valence-electron chi connectivity index (χ3n) is 1.78. The Bertz CT molecular complexity index is 300. The summed E-state index contributed by atoms with van der Waals surface area (Å²) in [6.45, 7) is 4.55. The van der Waals surface area contributed by atoms with Gasteiger partial charge in [-0.1, -0.05) is 0 Å². The lowest BCUT2D eigenvalue weighted by Gasteiger charge is -1.97. The van der Waals surface area contributed by atoms with E-state index in [0.717, 1.165) is 11.1 Å². The van der Waals surface area contributed by atoms with Crippen LogP contribution in [-0.2, 0) is 11.3 Å². The van der Waals surface area contributed by atoms with Gasteiger partial charge < -0.3 is 5.11 Å². The summed E-state index contributed by atoms with van der Waals surface area (Å²) in [5, 5.41) is 8.50. The summed E-state index contributed by atoms with van der Waals surface area (Å²) < 4.78 is 1.92. The van der Waals surface area contributed by atoms with Gasteiger partial charge >= 0.3 is 5.97 Å². The molecule has 0 atom stereocenters. The maximum absolute atomic E-state index is 10.3. The molecule has 0 saturated carbocycles. The van der Waals surface area contributed by atoms with Crippen LogP contribution < -0.4 is 4.57 Å². The maximum atomic E-state index is 10.3. The molecule has 0 saturated heterocycles. The molecule has 0 amide bonds. The number of carbonyl (C=O) groups is 1. The fourth-order valence-corrected chi connectivity index (χ4v) is 1.35. The summed E-state index contributed by atoms with van der Waals surface area (Å²) in [5.74, 6) is -0.758. The minimum Gasteiger partial charge on any atom is -0.481 e. The first-order valence-electron chi connectivity index (χ1n) is 4.27. The molecule has 70 valence electrons. The van der Waals surface area contributed by atoms with Gasteiger partial charge in [-0.05, 0) is 19.9 Å². The monoisotopic (exact) mass is 180 g/mol. The highest BCUT2D eigenvalue weighted by molar-refractivity contribution is 5.66. The van der Waals surface area contributed by atoms with Crippen LogP contribution in [0, 0.1) is 13.8 Å². The first-order chi connectivity index (χ1) is 6.08. The molecule has 3 nitrogen and oxygen atoms in total. The molecule has 0 aromatic carbocycles. The zero-order valence-corrected chi connectivity index (χ0v) is 7.95. The topological polar surface area (TPSA) is 41.2 Å². The molecule has 0 aliphatic heterocycles. The molecule has 13 heavy (non-hydrogen) atoms. The number of rotatable bonds is 3. The SMILES string of the molecule is Cc1cc(C)c[n+](CCC(=O)O)c1. The molecule has 1 N–H and O–H groups in total. The van der Waals surface area contributed by atoms with Crippen LogP contribution in [0.3, 0.4) is 0 Å². The van der Waals surface area contributed by atoms with E-state index in [1.807, 2.05) is 30.8 Å². The van der Waals surface area contributed by atoms with Crippen molar-refractivity contribution in [1.82, 2.24) is 0 Å². The van der Waals surface area contributed by atoms with Crippen molar-refractivity contribution >= 4 is 5.97 Å². The Morgan fingerprint density at radius 2 is 1.92 bits per heavy atom. The first kappa shape index (κ1) is 9.71. The highest BCUT2D eigenvalue weighted by Gasteiger charge is 2.05. The van der Waals surface area contributed by atoms with E-state index in [0.29, 0.717) is 6.54 Å². The van der Waals surface area contributed by atoms with Crippen LogP contribution in [0.1, 0.15) is 17.5 Å². The summed E-state index contributed by atoms with van der Waals surface area (Å²) in [5.41, 5.74) is 2.32. The summed E-state index contributed by atoms with van der Waals surface area (Å²) in [4.78, 5) is 10.3. The van der Waals surface area contributed by atoms with Crippen molar-refractivity contribution in [3.63, 3.8) is 0 Å². The highest BCUT2D eigenvalue weighted by atomic mass is 16.4. The molecule has 0 radical (unpaired) electrons. The van der Waals surface area contributed by atoms with Gasteiger partial charge in [-0.2, -0.15) is 0 Å². The lowest BCUT2D eigenvalue weighted by atomic mass is 10.2. The number of nitrogens with zero attached hydrogens (tertiary/aromatic N) is 1. The Kier molecular flexibility index (Phi) is 3.01. The Labute approximate surface area is 77.6 Å². The van der Waals surface area contributed by atoms with Crippen molar-refractivity contribution in [2.24, 2.45) is 0 Å². The Balaban J connectivity index is 2.71. The van der Waals surface area contributed by atoms with Crippen molar-refractivity contribution in [3.8, 4) is 0 Å². The molecule has 1 aromatic heterocycles. The largest absolute Gasteiger partial charge is 0.481 e. The molecule has 0 aliphatic carbocycles. The minimum atomic E-state index is -0.758. The van der Waals surface area contributed by atoms with Crippen molar-refractivity contribution in [2.75, 3.05) is 0 Å². The van der Waals surface area contributed by atoms with E-state index in [2.05, 4.69) is 6.07 Å². The van der Waals surface area contributed by atoms with Crippen molar-refractivity contribution in [2.45, 2.75) is 26.8 Å². The van der Waals surface area contributed by atoms with Crippen LogP contribution in [0.2, 0.25) is 0 Å². The average molecular weight is 180 g/mol. The first-order valence-corrected chi connectivity index (χ1v) is 4.27. The lowest BCUT2D eigenvalue weighted by molar-refractivity contribution is -0.696. The van der Waals surface area contributed by atoms with Gasteiger partial charge in [0.05, 0.1) is 0 Å². The second-order valence-corrected chi connectivity index (χ2v) is 3.27. The van der Waals surface area contributed by atoms with Gasteiger partial charge in [0.25, 0.3) is 0 Å². The predicted octanol–water partition coefficient (Wildman–Crippen LogP) is 1.07. The number of hydrogen-bond acceptors (Lipinski definition) is 1. The van der Waals surface area contributed by atoms with E-state index < -0.39 is 5.97 Å². The van der Waals surface area contributed by atoms with E-state index in [1.165, 1.54) is 0 Å². The van der Waals surface area contributed by atoms with Gasteiger partial charge in [0.15, 0.2) is 18.9 Å². The van der Waals surface area contributed by atoms with E-state index >= 15 is 0 Å². The van der Waals surface area contributed by atoms with E-state index in [9.17, 15) is 4.79 Å². The second-order valence-electron chi connectivity index (χ2n) is 3.27. The van der Waals surface area contributed by atoms with E-state index in [1.54, 1.807) is 0 Å². The third kappa shape index (κ3) is 3.23. The van der Waals surface area contributed by atoms with Gasteiger partial charge in [-0.25, -0.2) is 4.57 Å². The zero-order valence-electron chi connectivity index (χ0n) is 7.95. The summed E-state index contributed by atoms with van der Waals surface area (Å²) in [6, 6.07) is 2.07. The highest BCUT2D eigenvalue weighted by Crippen LogP contribution is 1.97. The Morgan fingerprint density at radius 3 is 2.38 bits per heavy atom. The van der Waals surface area contributed by atoms with Crippen molar-refractivity contribution in [1.29, 1.82) is 0 Å². The predicted molar refractivity (Wildman–Crippen MR) is 48.4 cm³/mol. The van der Waals surface area contributed by atoms with Gasteiger partial charge in [0.1, 0.15) is 6.42 Å². The summed E-state index contributed by atoms with van der Waals surface area (Å²) >= 11 is 0. The Morgan fingerprint density at radius 1 is 1.38 bits per heavy atom. The molecule has 1 heterocycles. The number of aryl methyl sites for hydroxylation is 3. The second kappa shape index (κ2) is 4.03.